The Balaban J connectivity index is 2.66. The Hall–Kier alpha value is -2.33. The number of methoxy groups -OCH3 is 1. The topological polar surface area (TPSA) is 131 Å². The van der Waals surface area contributed by atoms with Gasteiger partial charge in [0.05, 0.1) is 12.0 Å². The van der Waals surface area contributed by atoms with E-state index in [4.69, 9.17) is 9.47 Å². The molecule has 0 radical (unpaired) electrons. The molecule has 0 heterocycles. The quantitative estimate of drug-likeness (QED) is 0.459. The van der Waals surface area contributed by atoms with Crippen LogP contribution in [0, 0.1) is 20.8 Å². The smallest absolute Gasteiger partial charge is 0.408 e. The lowest BCUT2D eigenvalue weighted by Gasteiger charge is -2.22. The Labute approximate surface area is 184 Å². The third-order valence-electron chi connectivity index (χ3n) is 4.67. The van der Waals surface area contributed by atoms with E-state index in [-0.39, 0.29) is 17.9 Å². The Bertz CT molecular complexity index is 905. The lowest BCUT2D eigenvalue weighted by molar-refractivity contribution is -0.139. The van der Waals surface area contributed by atoms with Crippen molar-refractivity contribution >= 4 is 22.1 Å². The number of sulfonamides is 1. The van der Waals surface area contributed by atoms with Crippen molar-refractivity contribution in [3.8, 4) is 5.75 Å². The zero-order valence-electron chi connectivity index (χ0n) is 19.3. The van der Waals surface area contributed by atoms with E-state index < -0.39 is 33.7 Å². The molecule has 3 N–H and O–H groups in total. The minimum atomic E-state index is -3.74. The third-order valence-corrected chi connectivity index (χ3v) is 6.42. The predicted molar refractivity (Wildman–Crippen MR) is 117 cm³/mol. The highest BCUT2D eigenvalue weighted by molar-refractivity contribution is 7.89. The molecule has 0 aromatic heterocycles. The van der Waals surface area contributed by atoms with Crippen LogP contribution < -0.4 is 14.8 Å². The van der Waals surface area contributed by atoms with Crippen molar-refractivity contribution in [1.29, 1.82) is 0 Å². The highest BCUT2D eigenvalue weighted by atomic mass is 32.2. The van der Waals surface area contributed by atoms with Gasteiger partial charge in [0.1, 0.15) is 17.4 Å². The Morgan fingerprint density at radius 1 is 1.13 bits per heavy atom. The number of aryl methyl sites for hydroxylation is 1. The molecular formula is C21H34N2O7S. The number of carbonyl (C=O) groups is 2. The van der Waals surface area contributed by atoms with Crippen LogP contribution in [0.25, 0.3) is 0 Å². The molecule has 0 fully saturated rings. The molecule has 0 aliphatic rings. The summed E-state index contributed by atoms with van der Waals surface area (Å²) < 4.78 is 38.5. The van der Waals surface area contributed by atoms with Crippen LogP contribution in [0.1, 0.15) is 56.7 Å². The summed E-state index contributed by atoms with van der Waals surface area (Å²) in [5.74, 6) is -0.544. The van der Waals surface area contributed by atoms with Gasteiger partial charge in [-0.3, -0.25) is 0 Å². The Morgan fingerprint density at radius 2 is 1.74 bits per heavy atom. The molecule has 0 aliphatic heterocycles. The maximum Gasteiger partial charge on any atom is 0.408 e. The normalized spacial score (nSPS) is 12.9. The number of alkyl carbamates (subject to hydrolysis) is 1. The number of hydrogen-bond acceptors (Lipinski definition) is 6. The fraction of sp³-hybridized carbons (Fsp3) is 0.619. The molecule has 1 aromatic rings. The fourth-order valence-electron chi connectivity index (χ4n) is 3.11. The molecule has 1 amide bonds. The summed E-state index contributed by atoms with van der Waals surface area (Å²) >= 11 is 0. The molecule has 10 heteroatoms. The van der Waals surface area contributed by atoms with Crippen molar-refractivity contribution in [2.24, 2.45) is 0 Å². The van der Waals surface area contributed by atoms with Crippen LogP contribution in [-0.2, 0) is 19.6 Å². The molecule has 31 heavy (non-hydrogen) atoms. The highest BCUT2D eigenvalue weighted by Gasteiger charge is 2.24. The van der Waals surface area contributed by atoms with E-state index in [0.29, 0.717) is 29.7 Å². The number of carboxylic acids is 1. The van der Waals surface area contributed by atoms with Crippen LogP contribution in [0.15, 0.2) is 11.0 Å². The van der Waals surface area contributed by atoms with Gasteiger partial charge in [-0.15, -0.1) is 0 Å². The van der Waals surface area contributed by atoms with E-state index >= 15 is 0 Å². The summed E-state index contributed by atoms with van der Waals surface area (Å²) in [7, 11) is -2.20. The standard InChI is InChI=1S/C21H34N2O7S/c1-13-12-17(29-7)14(2)15(3)18(13)31(27,28)22-11-9-8-10-16(19(24)25)23-20(26)30-21(4,5)6/h12,16,22H,8-11H2,1-7H3,(H,23,26)(H,24,25)/t16-/m0/s1. The van der Waals surface area contributed by atoms with Gasteiger partial charge in [0, 0.05) is 6.54 Å². The average molecular weight is 459 g/mol. The largest absolute Gasteiger partial charge is 0.496 e. The summed E-state index contributed by atoms with van der Waals surface area (Å²) in [4.78, 5) is 23.4. The number of rotatable bonds is 10. The van der Waals surface area contributed by atoms with Crippen molar-refractivity contribution < 1.29 is 32.6 Å². The monoisotopic (exact) mass is 458 g/mol. The SMILES string of the molecule is COc1cc(C)c(S(=O)(=O)NCCCC[C@H](NC(=O)OC(C)(C)C)C(=O)O)c(C)c1C. The Morgan fingerprint density at radius 3 is 2.26 bits per heavy atom. The number of carbonyl (C=O) groups excluding carboxylic acids is 1. The summed E-state index contributed by atoms with van der Waals surface area (Å²) in [6.07, 6.45) is 0.151. The first-order valence-electron chi connectivity index (χ1n) is 10.1. The maximum atomic E-state index is 12.8. The lowest BCUT2D eigenvalue weighted by Crippen LogP contribution is -2.43. The average Bonchev–Trinajstić information content (AvgIpc) is 2.61. The lowest BCUT2D eigenvalue weighted by atomic mass is 10.1. The third kappa shape index (κ3) is 8.02. The van der Waals surface area contributed by atoms with Crippen molar-refractivity contribution in [3.05, 3.63) is 22.8 Å². The molecule has 0 spiro atoms. The van der Waals surface area contributed by atoms with Crippen molar-refractivity contribution in [2.75, 3.05) is 13.7 Å². The molecule has 1 atom stereocenters. The number of aliphatic carboxylic acids is 1. The molecule has 0 bridgehead atoms. The van der Waals surface area contributed by atoms with Gasteiger partial charge >= 0.3 is 12.1 Å². The highest BCUT2D eigenvalue weighted by Crippen LogP contribution is 2.30. The zero-order chi connectivity index (χ0) is 24.0. The molecule has 0 unspecified atom stereocenters. The molecule has 0 saturated carbocycles. The van der Waals surface area contributed by atoms with Crippen LogP contribution in [-0.4, -0.2) is 50.9 Å². The van der Waals surface area contributed by atoms with Gasteiger partial charge in [-0.1, -0.05) is 0 Å². The number of benzene rings is 1. The summed E-state index contributed by atoms with van der Waals surface area (Å²) in [6, 6.07) is 0.580. The van der Waals surface area contributed by atoms with Gasteiger partial charge in [0.15, 0.2) is 0 Å². The summed E-state index contributed by atoms with van der Waals surface area (Å²) in [5.41, 5.74) is 1.23. The number of carboxylic acid groups (broad SMARTS) is 1. The number of amides is 1. The first-order valence-corrected chi connectivity index (χ1v) is 11.5. The number of hydrogen-bond donors (Lipinski definition) is 3. The second kappa shape index (κ2) is 10.8. The Kier molecular flexibility index (Phi) is 9.31. The molecular weight excluding hydrogens is 424 g/mol. The van der Waals surface area contributed by atoms with Crippen LogP contribution >= 0.6 is 0 Å². The van der Waals surface area contributed by atoms with Gasteiger partial charge in [0.2, 0.25) is 10.0 Å². The van der Waals surface area contributed by atoms with Crippen LogP contribution in [0.2, 0.25) is 0 Å². The fourth-order valence-corrected chi connectivity index (χ4v) is 4.70. The van der Waals surface area contributed by atoms with Crippen molar-refractivity contribution in [1.82, 2.24) is 10.0 Å². The maximum absolute atomic E-state index is 12.8. The first-order chi connectivity index (χ1) is 14.2. The second-order valence-electron chi connectivity index (χ2n) is 8.41. The van der Waals surface area contributed by atoms with E-state index in [2.05, 4.69) is 10.0 Å². The second-order valence-corrected chi connectivity index (χ2v) is 10.1. The van der Waals surface area contributed by atoms with Gasteiger partial charge in [0.25, 0.3) is 0 Å². The minimum Gasteiger partial charge on any atom is -0.496 e. The van der Waals surface area contributed by atoms with Gasteiger partial charge in [-0.25, -0.2) is 22.7 Å². The number of unbranched alkanes of at least 4 members (excludes halogenated alkanes) is 1. The van der Waals surface area contributed by atoms with E-state index in [1.165, 1.54) is 7.11 Å². The molecule has 1 aromatic carbocycles. The minimum absolute atomic E-state index is 0.144. The van der Waals surface area contributed by atoms with Crippen LogP contribution in [0.4, 0.5) is 4.79 Å². The number of nitrogens with one attached hydrogen (secondary N) is 2. The molecule has 0 aliphatic carbocycles. The zero-order valence-corrected chi connectivity index (χ0v) is 20.1. The molecule has 9 nitrogen and oxygen atoms in total. The van der Waals surface area contributed by atoms with E-state index in [1.54, 1.807) is 47.6 Å². The van der Waals surface area contributed by atoms with Gasteiger partial charge < -0.3 is 19.9 Å². The van der Waals surface area contributed by atoms with E-state index in [1.807, 2.05) is 0 Å². The van der Waals surface area contributed by atoms with E-state index in [0.717, 1.165) is 5.56 Å². The predicted octanol–water partition coefficient (Wildman–Crippen LogP) is 3.05. The summed E-state index contributed by atoms with van der Waals surface area (Å²) in [6.45, 7) is 10.4. The van der Waals surface area contributed by atoms with Gasteiger partial charge in [-0.05, 0) is 83.6 Å². The molecule has 1 rings (SSSR count). The van der Waals surface area contributed by atoms with Crippen LogP contribution in [0.3, 0.4) is 0 Å². The first kappa shape index (κ1) is 26.7. The molecule has 176 valence electrons. The summed E-state index contributed by atoms with van der Waals surface area (Å²) in [5, 5.41) is 11.6. The van der Waals surface area contributed by atoms with E-state index in [9.17, 15) is 23.1 Å². The van der Waals surface area contributed by atoms with Crippen LogP contribution in [0.5, 0.6) is 5.75 Å². The van der Waals surface area contributed by atoms with Gasteiger partial charge in [-0.2, -0.15) is 0 Å². The van der Waals surface area contributed by atoms with Crippen molar-refractivity contribution in [3.63, 3.8) is 0 Å². The van der Waals surface area contributed by atoms with Crippen molar-refractivity contribution in [2.45, 2.75) is 77.3 Å². The molecule has 0 saturated heterocycles. The number of ether oxygens (including phenoxy) is 2.